The van der Waals surface area contributed by atoms with Gasteiger partial charge in [0.25, 0.3) is 10.0 Å². The summed E-state index contributed by atoms with van der Waals surface area (Å²) >= 11 is 5.65. The van der Waals surface area contributed by atoms with Gasteiger partial charge >= 0.3 is 0 Å². The number of nitrogens with zero attached hydrogens (tertiary/aromatic N) is 2. The van der Waals surface area contributed by atoms with E-state index in [0.29, 0.717) is 5.69 Å². The second-order valence-corrected chi connectivity index (χ2v) is 6.29. The summed E-state index contributed by atoms with van der Waals surface area (Å²) in [4.78, 5) is 2.37. The summed E-state index contributed by atoms with van der Waals surface area (Å²) in [6.07, 6.45) is 2.29. The average Bonchev–Trinajstić information content (AvgIpc) is 2.81. The Morgan fingerprint density at radius 3 is 2.72 bits per heavy atom. The summed E-state index contributed by atoms with van der Waals surface area (Å²) in [5.74, 6) is 0. The van der Waals surface area contributed by atoms with Crippen LogP contribution in [0.15, 0.2) is 27.5 Å². The molecule has 18 heavy (non-hydrogen) atoms. The number of benzene rings is 1. The Hall–Kier alpha value is -1.27. The van der Waals surface area contributed by atoms with Crippen LogP contribution in [0.2, 0.25) is 0 Å². The Morgan fingerprint density at radius 1 is 1.28 bits per heavy atom. The maximum absolute atomic E-state index is 11.9. The van der Waals surface area contributed by atoms with E-state index in [9.17, 15) is 8.42 Å². The average molecular weight is 286 g/mol. The summed E-state index contributed by atoms with van der Waals surface area (Å²) in [6.45, 7) is 1.94. The lowest BCUT2D eigenvalue weighted by Crippen LogP contribution is -2.20. The molecule has 2 aliphatic rings. The van der Waals surface area contributed by atoms with E-state index in [-0.39, 0.29) is 10.2 Å². The molecule has 0 aliphatic carbocycles. The third-order valence-corrected chi connectivity index (χ3v) is 4.75. The van der Waals surface area contributed by atoms with E-state index in [4.69, 9.17) is 11.6 Å². The number of hydrogen-bond acceptors (Lipinski definition) is 4. The van der Waals surface area contributed by atoms with E-state index in [1.165, 1.54) is 0 Å². The fourth-order valence-corrected chi connectivity index (χ4v) is 3.68. The standard InChI is InChI=1S/C11H12ClN3O2S/c12-11-13-9-4-3-8(15-5-1-2-6-15)7-10(9)18(16,17)14-11/h3-4,7H,1-2,5-6H2,(H,13,14). The summed E-state index contributed by atoms with van der Waals surface area (Å²) in [6, 6.07) is 5.30. The van der Waals surface area contributed by atoms with Crippen LogP contribution >= 0.6 is 11.6 Å². The van der Waals surface area contributed by atoms with Crippen LogP contribution in [-0.2, 0) is 10.0 Å². The Labute approximate surface area is 111 Å². The minimum Gasteiger partial charge on any atom is -0.371 e. The van der Waals surface area contributed by atoms with Crippen molar-refractivity contribution in [2.45, 2.75) is 17.7 Å². The Morgan fingerprint density at radius 2 is 2.00 bits per heavy atom. The van der Waals surface area contributed by atoms with Crippen molar-refractivity contribution < 1.29 is 8.42 Å². The van der Waals surface area contributed by atoms with Crippen LogP contribution in [0.5, 0.6) is 0 Å². The van der Waals surface area contributed by atoms with Gasteiger partial charge < -0.3 is 10.2 Å². The van der Waals surface area contributed by atoms with Gasteiger partial charge in [0.15, 0.2) is 0 Å². The predicted octanol–water partition coefficient (Wildman–Crippen LogP) is 2.00. The van der Waals surface area contributed by atoms with Gasteiger partial charge in [-0.1, -0.05) is 0 Å². The zero-order valence-corrected chi connectivity index (χ0v) is 11.1. The second-order valence-electron chi connectivity index (χ2n) is 4.36. The molecule has 0 saturated carbocycles. The maximum Gasteiger partial charge on any atom is 0.287 e. The second kappa shape index (κ2) is 4.13. The Balaban J connectivity index is 2.07. The lowest BCUT2D eigenvalue weighted by Gasteiger charge is -2.21. The van der Waals surface area contributed by atoms with Gasteiger partial charge in [0.2, 0.25) is 5.29 Å². The first-order valence-corrected chi connectivity index (χ1v) is 7.54. The highest BCUT2D eigenvalue weighted by atomic mass is 35.5. The van der Waals surface area contributed by atoms with Crippen LogP contribution in [0.25, 0.3) is 0 Å². The summed E-state index contributed by atoms with van der Waals surface area (Å²) in [5.41, 5.74) is 1.41. The lowest BCUT2D eigenvalue weighted by molar-refractivity contribution is 0.598. The van der Waals surface area contributed by atoms with Crippen molar-refractivity contribution in [3.05, 3.63) is 18.2 Å². The van der Waals surface area contributed by atoms with Gasteiger partial charge in [0, 0.05) is 18.8 Å². The molecule has 0 unspecified atom stereocenters. The lowest BCUT2D eigenvalue weighted by atomic mass is 10.2. The highest BCUT2D eigenvalue weighted by molar-refractivity contribution is 7.90. The number of halogens is 1. The number of rotatable bonds is 1. The molecule has 7 heteroatoms. The van der Waals surface area contributed by atoms with Crippen LogP contribution in [0.4, 0.5) is 11.4 Å². The molecular weight excluding hydrogens is 274 g/mol. The summed E-state index contributed by atoms with van der Waals surface area (Å²) in [5, 5.41) is 2.64. The molecule has 1 fully saturated rings. The van der Waals surface area contributed by atoms with Gasteiger partial charge in [-0.2, -0.15) is 8.42 Å². The Bertz CT molecular complexity index is 621. The van der Waals surface area contributed by atoms with Gasteiger partial charge in [0.05, 0.1) is 5.69 Å². The largest absolute Gasteiger partial charge is 0.371 e. The van der Waals surface area contributed by atoms with Gasteiger partial charge in [-0.3, -0.25) is 0 Å². The molecule has 0 amide bonds. The normalized spacial score (nSPS) is 21.2. The quantitative estimate of drug-likeness (QED) is 0.802. The molecule has 1 aromatic carbocycles. The molecule has 1 aromatic rings. The van der Waals surface area contributed by atoms with E-state index < -0.39 is 10.0 Å². The SMILES string of the molecule is O=S1(=O)N=C(Cl)Nc2ccc(N3CCCC3)cc21. The molecular formula is C11H12ClN3O2S. The number of anilines is 2. The van der Waals surface area contributed by atoms with Gasteiger partial charge in [-0.25, -0.2) is 0 Å². The topological polar surface area (TPSA) is 61.8 Å². The molecule has 0 aromatic heterocycles. The van der Waals surface area contributed by atoms with Crippen LogP contribution in [0, 0.1) is 0 Å². The van der Waals surface area contributed by atoms with E-state index in [2.05, 4.69) is 14.6 Å². The molecule has 96 valence electrons. The highest BCUT2D eigenvalue weighted by Crippen LogP contribution is 2.32. The van der Waals surface area contributed by atoms with Crippen molar-refractivity contribution in [1.29, 1.82) is 0 Å². The molecule has 0 radical (unpaired) electrons. The third-order valence-electron chi connectivity index (χ3n) is 3.15. The van der Waals surface area contributed by atoms with E-state index in [1.807, 2.05) is 6.07 Å². The number of amidine groups is 1. The zero-order valence-electron chi connectivity index (χ0n) is 9.56. The van der Waals surface area contributed by atoms with Crippen LogP contribution in [-0.4, -0.2) is 26.8 Å². The van der Waals surface area contributed by atoms with E-state index >= 15 is 0 Å². The minimum absolute atomic E-state index is 0.114. The van der Waals surface area contributed by atoms with Crippen LogP contribution < -0.4 is 10.2 Å². The number of nitrogens with one attached hydrogen (secondary N) is 1. The predicted molar refractivity (Wildman–Crippen MR) is 72.0 cm³/mol. The van der Waals surface area contributed by atoms with Crippen molar-refractivity contribution in [2.24, 2.45) is 4.40 Å². The van der Waals surface area contributed by atoms with Gasteiger partial charge in [0.1, 0.15) is 4.90 Å². The third kappa shape index (κ3) is 1.95. The Kier molecular flexibility index (Phi) is 2.71. The van der Waals surface area contributed by atoms with Crippen molar-refractivity contribution in [3.63, 3.8) is 0 Å². The van der Waals surface area contributed by atoms with Crippen molar-refractivity contribution in [2.75, 3.05) is 23.3 Å². The first kappa shape index (κ1) is 11.8. The van der Waals surface area contributed by atoms with Gasteiger partial charge in [-0.05, 0) is 42.6 Å². The molecule has 2 heterocycles. The smallest absolute Gasteiger partial charge is 0.287 e. The number of fused-ring (bicyclic) bond motifs is 1. The van der Waals surface area contributed by atoms with E-state index in [0.717, 1.165) is 31.6 Å². The van der Waals surface area contributed by atoms with Crippen molar-refractivity contribution >= 4 is 38.3 Å². The molecule has 1 N–H and O–H groups in total. The highest BCUT2D eigenvalue weighted by Gasteiger charge is 2.25. The molecule has 5 nitrogen and oxygen atoms in total. The monoisotopic (exact) mass is 285 g/mol. The molecule has 0 spiro atoms. The molecule has 0 bridgehead atoms. The van der Waals surface area contributed by atoms with Crippen molar-refractivity contribution in [1.82, 2.24) is 0 Å². The maximum atomic E-state index is 11.9. The molecule has 0 atom stereocenters. The van der Waals surface area contributed by atoms with Crippen LogP contribution in [0.3, 0.4) is 0 Å². The van der Waals surface area contributed by atoms with Crippen molar-refractivity contribution in [3.8, 4) is 0 Å². The first-order chi connectivity index (χ1) is 8.56. The first-order valence-electron chi connectivity index (χ1n) is 5.73. The summed E-state index contributed by atoms with van der Waals surface area (Å²) in [7, 11) is -3.68. The fourth-order valence-electron chi connectivity index (χ4n) is 2.29. The summed E-state index contributed by atoms with van der Waals surface area (Å²) < 4.78 is 27.3. The minimum atomic E-state index is -3.68. The molecule has 2 aliphatic heterocycles. The number of sulfonamides is 1. The fraction of sp³-hybridized carbons (Fsp3) is 0.364. The number of hydrogen-bond donors (Lipinski definition) is 1. The van der Waals surface area contributed by atoms with Crippen LogP contribution in [0.1, 0.15) is 12.8 Å². The van der Waals surface area contributed by atoms with Gasteiger partial charge in [-0.15, -0.1) is 4.40 Å². The zero-order chi connectivity index (χ0) is 12.8. The molecule has 3 rings (SSSR count). The van der Waals surface area contributed by atoms with E-state index in [1.54, 1.807) is 12.1 Å². The molecule has 1 saturated heterocycles.